The molecule has 1 atom stereocenters. The number of nitrogens with one attached hydrogen (secondary N) is 1. The van der Waals surface area contributed by atoms with E-state index in [2.05, 4.69) is 48.8 Å². The first-order valence-corrected chi connectivity index (χ1v) is 8.04. The largest absolute Gasteiger partial charge is 0.309 e. The maximum Gasteiger partial charge on any atom is 0.0561 e. The molecule has 1 heterocycles. The van der Waals surface area contributed by atoms with Gasteiger partial charge in [-0.05, 0) is 42.0 Å². The third-order valence-corrected chi connectivity index (χ3v) is 4.75. The lowest BCUT2D eigenvalue weighted by Gasteiger charge is -2.17. The van der Waals surface area contributed by atoms with Crippen molar-refractivity contribution in [1.29, 1.82) is 0 Å². The molecule has 0 saturated heterocycles. The minimum absolute atomic E-state index is 0.310. The Hall–Kier alpha value is -0.830. The zero-order valence-corrected chi connectivity index (χ0v) is 13.0. The SMILES string of the molecule is CCNC(Cc1ccc(CC)cc1)c1sccc1Cl. The van der Waals surface area contributed by atoms with E-state index in [9.17, 15) is 0 Å². The Morgan fingerprint density at radius 1 is 1.11 bits per heavy atom. The molecule has 1 unspecified atom stereocenters. The second-order valence-electron chi connectivity index (χ2n) is 4.62. The van der Waals surface area contributed by atoms with Crippen LogP contribution >= 0.6 is 22.9 Å². The van der Waals surface area contributed by atoms with Gasteiger partial charge in [-0.25, -0.2) is 0 Å². The van der Waals surface area contributed by atoms with Crippen molar-refractivity contribution in [2.45, 2.75) is 32.7 Å². The minimum atomic E-state index is 0.310. The molecular formula is C16H20ClNS. The zero-order valence-electron chi connectivity index (χ0n) is 11.4. The van der Waals surface area contributed by atoms with Crippen molar-refractivity contribution >= 4 is 22.9 Å². The summed E-state index contributed by atoms with van der Waals surface area (Å²) in [7, 11) is 0. The fourth-order valence-corrected chi connectivity index (χ4v) is 3.47. The minimum Gasteiger partial charge on any atom is -0.309 e. The molecule has 0 bridgehead atoms. The van der Waals surface area contributed by atoms with Crippen LogP contribution in [0.2, 0.25) is 5.02 Å². The molecule has 2 rings (SSSR count). The Morgan fingerprint density at radius 2 is 1.79 bits per heavy atom. The molecule has 1 N–H and O–H groups in total. The summed E-state index contributed by atoms with van der Waals surface area (Å²) in [6.45, 7) is 5.27. The average Bonchev–Trinajstić information content (AvgIpc) is 2.85. The summed E-state index contributed by atoms with van der Waals surface area (Å²) in [5.74, 6) is 0. The summed E-state index contributed by atoms with van der Waals surface area (Å²) in [6.07, 6.45) is 2.08. The highest BCUT2D eigenvalue weighted by molar-refractivity contribution is 7.10. The molecule has 3 heteroatoms. The van der Waals surface area contributed by atoms with Gasteiger partial charge in [-0.3, -0.25) is 0 Å². The van der Waals surface area contributed by atoms with Crippen LogP contribution in [-0.4, -0.2) is 6.54 Å². The summed E-state index contributed by atoms with van der Waals surface area (Å²) in [5, 5.41) is 6.46. The van der Waals surface area contributed by atoms with Crippen LogP contribution in [0, 0.1) is 0 Å². The molecule has 1 nitrogen and oxygen atoms in total. The number of benzene rings is 1. The first-order chi connectivity index (χ1) is 9.24. The molecule has 0 aliphatic rings. The van der Waals surface area contributed by atoms with Gasteiger partial charge in [0.05, 0.1) is 5.02 Å². The van der Waals surface area contributed by atoms with Gasteiger partial charge in [-0.2, -0.15) is 0 Å². The van der Waals surface area contributed by atoms with Gasteiger partial charge in [-0.1, -0.05) is 49.7 Å². The van der Waals surface area contributed by atoms with E-state index in [1.165, 1.54) is 16.0 Å². The van der Waals surface area contributed by atoms with Crippen LogP contribution in [-0.2, 0) is 12.8 Å². The van der Waals surface area contributed by atoms with Crippen LogP contribution in [0.15, 0.2) is 35.7 Å². The van der Waals surface area contributed by atoms with Crippen molar-refractivity contribution in [3.05, 3.63) is 56.7 Å². The standard InChI is InChI=1S/C16H20ClNS/c1-3-12-5-7-13(8-6-12)11-15(18-4-2)16-14(17)9-10-19-16/h5-10,15,18H,3-4,11H2,1-2H3. The highest BCUT2D eigenvalue weighted by Gasteiger charge is 2.15. The van der Waals surface area contributed by atoms with E-state index in [4.69, 9.17) is 11.6 Å². The molecule has 0 aliphatic heterocycles. The number of rotatable bonds is 6. The second-order valence-corrected chi connectivity index (χ2v) is 5.97. The third kappa shape index (κ3) is 3.82. The monoisotopic (exact) mass is 293 g/mol. The molecule has 19 heavy (non-hydrogen) atoms. The van der Waals surface area contributed by atoms with Gasteiger partial charge in [0.2, 0.25) is 0 Å². The van der Waals surface area contributed by atoms with E-state index in [0.717, 1.165) is 24.4 Å². The molecule has 2 aromatic rings. The Bertz CT molecular complexity index is 504. The normalized spacial score (nSPS) is 12.6. The van der Waals surface area contributed by atoms with Gasteiger partial charge in [0.15, 0.2) is 0 Å². The van der Waals surface area contributed by atoms with E-state index in [1.807, 2.05) is 6.07 Å². The van der Waals surface area contributed by atoms with Crippen molar-refractivity contribution in [1.82, 2.24) is 5.32 Å². The molecular weight excluding hydrogens is 274 g/mol. The van der Waals surface area contributed by atoms with E-state index in [-0.39, 0.29) is 0 Å². The van der Waals surface area contributed by atoms with E-state index >= 15 is 0 Å². The average molecular weight is 294 g/mol. The Balaban J connectivity index is 2.14. The smallest absolute Gasteiger partial charge is 0.0561 e. The molecule has 0 saturated carbocycles. The molecule has 0 aliphatic carbocycles. The van der Waals surface area contributed by atoms with Crippen LogP contribution in [0.4, 0.5) is 0 Å². The maximum absolute atomic E-state index is 6.25. The third-order valence-electron chi connectivity index (χ3n) is 3.28. The number of halogens is 1. The number of hydrogen-bond acceptors (Lipinski definition) is 2. The summed E-state index contributed by atoms with van der Waals surface area (Å²) in [6, 6.07) is 11.2. The lowest BCUT2D eigenvalue weighted by atomic mass is 10.0. The fraction of sp³-hybridized carbons (Fsp3) is 0.375. The molecule has 0 amide bonds. The summed E-state index contributed by atoms with van der Waals surface area (Å²) < 4.78 is 0. The predicted octanol–water partition coefficient (Wildman–Crippen LogP) is 4.86. The van der Waals surface area contributed by atoms with Gasteiger partial charge in [0.1, 0.15) is 0 Å². The van der Waals surface area contributed by atoms with Crippen molar-refractivity contribution < 1.29 is 0 Å². The van der Waals surface area contributed by atoms with Gasteiger partial charge in [0.25, 0.3) is 0 Å². The second kappa shape index (κ2) is 7.09. The summed E-state index contributed by atoms with van der Waals surface area (Å²) >= 11 is 7.98. The lowest BCUT2D eigenvalue weighted by Crippen LogP contribution is -2.22. The molecule has 102 valence electrons. The van der Waals surface area contributed by atoms with Gasteiger partial charge in [0, 0.05) is 10.9 Å². The van der Waals surface area contributed by atoms with Crippen LogP contribution in [0.1, 0.15) is 35.9 Å². The molecule has 0 radical (unpaired) electrons. The topological polar surface area (TPSA) is 12.0 Å². The van der Waals surface area contributed by atoms with Crippen LogP contribution in [0.25, 0.3) is 0 Å². The Kier molecular flexibility index (Phi) is 5.44. The zero-order chi connectivity index (χ0) is 13.7. The highest BCUT2D eigenvalue weighted by Crippen LogP contribution is 2.30. The molecule has 0 spiro atoms. The Labute approximate surface area is 124 Å². The van der Waals surface area contributed by atoms with Crippen LogP contribution in [0.5, 0.6) is 0 Å². The predicted molar refractivity (Wildman–Crippen MR) is 85.3 cm³/mol. The van der Waals surface area contributed by atoms with Crippen molar-refractivity contribution in [3.8, 4) is 0 Å². The summed E-state index contributed by atoms with van der Waals surface area (Å²) in [5.41, 5.74) is 2.74. The van der Waals surface area contributed by atoms with Gasteiger partial charge in [-0.15, -0.1) is 11.3 Å². The van der Waals surface area contributed by atoms with Crippen molar-refractivity contribution in [3.63, 3.8) is 0 Å². The van der Waals surface area contributed by atoms with Crippen LogP contribution < -0.4 is 5.32 Å². The fourth-order valence-electron chi connectivity index (χ4n) is 2.20. The van der Waals surface area contributed by atoms with Crippen molar-refractivity contribution in [2.24, 2.45) is 0 Å². The lowest BCUT2D eigenvalue weighted by molar-refractivity contribution is 0.558. The molecule has 0 fully saturated rings. The summed E-state index contributed by atoms with van der Waals surface area (Å²) in [4.78, 5) is 1.24. The highest BCUT2D eigenvalue weighted by atomic mass is 35.5. The quantitative estimate of drug-likeness (QED) is 0.802. The van der Waals surface area contributed by atoms with Gasteiger partial charge < -0.3 is 5.32 Å². The van der Waals surface area contributed by atoms with E-state index < -0.39 is 0 Å². The first kappa shape index (κ1) is 14.6. The number of likely N-dealkylation sites (N-methyl/N-ethyl adjacent to an activating group) is 1. The maximum atomic E-state index is 6.25. The number of thiophene rings is 1. The van der Waals surface area contributed by atoms with E-state index in [0.29, 0.717) is 6.04 Å². The Morgan fingerprint density at radius 3 is 2.32 bits per heavy atom. The molecule has 1 aromatic carbocycles. The number of aryl methyl sites for hydroxylation is 1. The number of hydrogen-bond donors (Lipinski definition) is 1. The van der Waals surface area contributed by atoms with Crippen molar-refractivity contribution in [2.75, 3.05) is 6.54 Å². The van der Waals surface area contributed by atoms with Gasteiger partial charge >= 0.3 is 0 Å². The molecule has 1 aromatic heterocycles. The van der Waals surface area contributed by atoms with Crippen LogP contribution in [0.3, 0.4) is 0 Å². The first-order valence-electron chi connectivity index (χ1n) is 6.78. The van der Waals surface area contributed by atoms with E-state index in [1.54, 1.807) is 11.3 Å².